The van der Waals surface area contributed by atoms with Gasteiger partial charge in [-0.15, -0.1) is 0 Å². The van der Waals surface area contributed by atoms with Gasteiger partial charge < -0.3 is 10.3 Å². The van der Waals surface area contributed by atoms with Gasteiger partial charge in [0, 0.05) is 17.3 Å². The van der Waals surface area contributed by atoms with E-state index in [1.807, 2.05) is 30.3 Å². The Balaban J connectivity index is 1.68. The monoisotopic (exact) mass is 325 g/mol. The second-order valence-electron chi connectivity index (χ2n) is 6.89. The van der Waals surface area contributed by atoms with Gasteiger partial charge in [0.05, 0.1) is 11.7 Å². The molecule has 1 atom stereocenters. The van der Waals surface area contributed by atoms with Crippen LogP contribution in [0.15, 0.2) is 39.9 Å². The highest BCUT2D eigenvalue weighted by Crippen LogP contribution is 2.31. The number of anilines is 1. The Kier molecular flexibility index (Phi) is 4.00. The van der Waals surface area contributed by atoms with Gasteiger partial charge in [-0.05, 0) is 37.8 Å². The smallest absolute Gasteiger partial charge is 0.328 e. The first-order valence-electron chi connectivity index (χ1n) is 8.93. The summed E-state index contributed by atoms with van der Waals surface area (Å²) in [5, 5.41) is 3.43. The van der Waals surface area contributed by atoms with E-state index < -0.39 is 0 Å². The van der Waals surface area contributed by atoms with Crippen LogP contribution in [0, 0.1) is 0 Å². The third-order valence-corrected chi connectivity index (χ3v) is 5.35. The number of nitrogens with zero attached hydrogens (tertiary/aromatic N) is 1. The van der Waals surface area contributed by atoms with Crippen molar-refractivity contribution in [3.63, 3.8) is 0 Å². The van der Waals surface area contributed by atoms with E-state index >= 15 is 0 Å². The molecule has 1 aromatic heterocycles. The molecular formula is C19H23N3O2. The fourth-order valence-corrected chi connectivity index (χ4v) is 4.13. The predicted octanol–water partition coefficient (Wildman–Crippen LogP) is 3.14. The molecule has 2 aliphatic rings. The lowest BCUT2D eigenvalue weighted by Crippen LogP contribution is -2.41. The molecule has 0 amide bonds. The first-order valence-corrected chi connectivity index (χ1v) is 8.93. The molecule has 1 saturated carbocycles. The number of hydrogen-bond donors (Lipinski definition) is 2. The van der Waals surface area contributed by atoms with E-state index in [0.29, 0.717) is 0 Å². The van der Waals surface area contributed by atoms with Crippen LogP contribution < -0.4 is 16.6 Å². The predicted molar refractivity (Wildman–Crippen MR) is 94.6 cm³/mol. The molecule has 2 aromatic rings. The highest BCUT2D eigenvalue weighted by Gasteiger charge is 2.29. The molecule has 0 aliphatic heterocycles. The van der Waals surface area contributed by atoms with Crippen LogP contribution in [0.4, 0.5) is 5.69 Å². The molecule has 1 heterocycles. The van der Waals surface area contributed by atoms with E-state index in [4.69, 9.17) is 0 Å². The second-order valence-corrected chi connectivity index (χ2v) is 6.89. The van der Waals surface area contributed by atoms with Crippen LogP contribution in [0.25, 0.3) is 0 Å². The van der Waals surface area contributed by atoms with Crippen LogP contribution in [0.3, 0.4) is 0 Å². The molecule has 1 aromatic carbocycles. The van der Waals surface area contributed by atoms with E-state index in [1.54, 1.807) is 0 Å². The standard InChI is InChI=1S/C19H23N3O2/c23-18-15-11-12-16(20-13-7-3-1-4-8-13)17(15)21-19(24)22(18)14-9-5-2-6-10-14/h1,3-4,7-8,14,16,20H,2,5-6,9-12H2,(H,21,24)/t16-/m0/s1. The number of fused-ring (bicyclic) bond motifs is 1. The van der Waals surface area contributed by atoms with Crippen molar-refractivity contribution in [2.75, 3.05) is 5.32 Å². The highest BCUT2D eigenvalue weighted by atomic mass is 16.2. The summed E-state index contributed by atoms with van der Waals surface area (Å²) < 4.78 is 1.49. The number of hydrogen-bond acceptors (Lipinski definition) is 3. The van der Waals surface area contributed by atoms with E-state index in [9.17, 15) is 9.59 Å². The summed E-state index contributed by atoms with van der Waals surface area (Å²) >= 11 is 0. The zero-order chi connectivity index (χ0) is 16.5. The van der Waals surface area contributed by atoms with Crippen molar-refractivity contribution in [3.8, 4) is 0 Å². The summed E-state index contributed by atoms with van der Waals surface area (Å²) in [6.45, 7) is 0. The summed E-state index contributed by atoms with van der Waals surface area (Å²) in [6.07, 6.45) is 6.85. The Bertz CT molecular complexity index is 832. The van der Waals surface area contributed by atoms with Crippen molar-refractivity contribution in [1.82, 2.24) is 9.55 Å². The number of rotatable bonds is 3. The van der Waals surface area contributed by atoms with E-state index in [1.165, 1.54) is 11.0 Å². The molecule has 2 N–H and O–H groups in total. The minimum Gasteiger partial charge on any atom is -0.377 e. The molecule has 0 spiro atoms. The quantitative estimate of drug-likeness (QED) is 0.911. The molecule has 4 rings (SSSR count). The molecule has 126 valence electrons. The van der Waals surface area contributed by atoms with Crippen LogP contribution in [-0.4, -0.2) is 9.55 Å². The van der Waals surface area contributed by atoms with Gasteiger partial charge in [0.1, 0.15) is 0 Å². The molecular weight excluding hydrogens is 302 g/mol. The van der Waals surface area contributed by atoms with Gasteiger partial charge >= 0.3 is 5.69 Å². The van der Waals surface area contributed by atoms with Gasteiger partial charge in [0.2, 0.25) is 0 Å². The number of para-hydroxylation sites is 1. The Hall–Kier alpha value is -2.30. The summed E-state index contributed by atoms with van der Waals surface area (Å²) in [5.74, 6) is 0. The molecule has 0 bridgehead atoms. The SMILES string of the molecule is O=c1[nH]c2c(c(=O)n1C1CCCCC1)CC[C@@H]2Nc1ccccc1. The first-order chi connectivity index (χ1) is 11.7. The fourth-order valence-electron chi connectivity index (χ4n) is 4.13. The molecule has 5 nitrogen and oxygen atoms in total. The Labute approximate surface area is 140 Å². The van der Waals surface area contributed by atoms with E-state index in [2.05, 4.69) is 10.3 Å². The summed E-state index contributed by atoms with van der Waals surface area (Å²) in [6, 6.07) is 9.99. The summed E-state index contributed by atoms with van der Waals surface area (Å²) in [7, 11) is 0. The van der Waals surface area contributed by atoms with Crippen LogP contribution in [0.2, 0.25) is 0 Å². The number of benzene rings is 1. The highest BCUT2D eigenvalue weighted by molar-refractivity contribution is 5.46. The van der Waals surface area contributed by atoms with Crippen LogP contribution in [-0.2, 0) is 6.42 Å². The molecule has 0 unspecified atom stereocenters. The average Bonchev–Trinajstić information content (AvgIpc) is 3.00. The lowest BCUT2D eigenvalue weighted by atomic mass is 9.95. The van der Waals surface area contributed by atoms with Gasteiger partial charge in [-0.3, -0.25) is 9.36 Å². The van der Waals surface area contributed by atoms with Crippen molar-refractivity contribution < 1.29 is 0 Å². The Morgan fingerprint density at radius 3 is 2.50 bits per heavy atom. The van der Waals surface area contributed by atoms with Crippen molar-refractivity contribution in [3.05, 3.63) is 62.4 Å². The minimum atomic E-state index is -0.243. The van der Waals surface area contributed by atoms with Gasteiger partial charge in [-0.25, -0.2) is 4.79 Å². The van der Waals surface area contributed by atoms with Crippen LogP contribution in [0.1, 0.15) is 61.9 Å². The van der Waals surface area contributed by atoms with Crippen molar-refractivity contribution >= 4 is 5.69 Å². The van der Waals surface area contributed by atoms with Gasteiger partial charge in [0.15, 0.2) is 0 Å². The average molecular weight is 325 g/mol. The van der Waals surface area contributed by atoms with Gasteiger partial charge in [-0.1, -0.05) is 37.5 Å². The topological polar surface area (TPSA) is 66.9 Å². The van der Waals surface area contributed by atoms with Crippen molar-refractivity contribution in [2.24, 2.45) is 0 Å². The maximum absolute atomic E-state index is 12.9. The third-order valence-electron chi connectivity index (χ3n) is 5.35. The number of nitrogens with one attached hydrogen (secondary N) is 2. The van der Waals surface area contributed by atoms with Crippen LogP contribution >= 0.6 is 0 Å². The lowest BCUT2D eigenvalue weighted by molar-refractivity contribution is 0.335. The second kappa shape index (κ2) is 6.30. The maximum Gasteiger partial charge on any atom is 0.328 e. The van der Waals surface area contributed by atoms with E-state index in [0.717, 1.165) is 55.5 Å². The Morgan fingerprint density at radius 1 is 1.00 bits per heavy atom. The first kappa shape index (κ1) is 15.2. The number of aromatic nitrogens is 2. The molecule has 2 aliphatic carbocycles. The maximum atomic E-state index is 12.9. The van der Waals surface area contributed by atoms with Gasteiger partial charge in [0.25, 0.3) is 5.56 Å². The van der Waals surface area contributed by atoms with E-state index in [-0.39, 0.29) is 23.3 Å². The zero-order valence-corrected chi connectivity index (χ0v) is 13.8. The normalized spacial score (nSPS) is 20.8. The molecule has 0 saturated heterocycles. The van der Waals surface area contributed by atoms with Crippen molar-refractivity contribution in [1.29, 1.82) is 0 Å². The zero-order valence-electron chi connectivity index (χ0n) is 13.8. The van der Waals surface area contributed by atoms with Crippen molar-refractivity contribution in [2.45, 2.75) is 57.0 Å². The summed E-state index contributed by atoms with van der Waals surface area (Å²) in [5.41, 5.74) is 2.26. The van der Waals surface area contributed by atoms with Crippen LogP contribution in [0.5, 0.6) is 0 Å². The molecule has 5 heteroatoms. The fraction of sp³-hybridized carbons (Fsp3) is 0.474. The van der Waals surface area contributed by atoms with Gasteiger partial charge in [-0.2, -0.15) is 0 Å². The number of aromatic amines is 1. The largest absolute Gasteiger partial charge is 0.377 e. The molecule has 0 radical (unpaired) electrons. The third kappa shape index (κ3) is 2.68. The Morgan fingerprint density at radius 2 is 1.75 bits per heavy atom. The number of H-pyrrole nitrogens is 1. The molecule has 1 fully saturated rings. The minimum absolute atomic E-state index is 0.00352. The molecule has 24 heavy (non-hydrogen) atoms. The lowest BCUT2D eigenvalue weighted by Gasteiger charge is -2.24. The summed E-state index contributed by atoms with van der Waals surface area (Å²) in [4.78, 5) is 28.5.